The van der Waals surface area contributed by atoms with Gasteiger partial charge >= 0.3 is 0 Å². The minimum Gasteiger partial charge on any atom is -0.312 e. The smallest absolute Gasteiger partial charge is 0.272 e. The van der Waals surface area contributed by atoms with E-state index in [0.29, 0.717) is 18.0 Å². The summed E-state index contributed by atoms with van der Waals surface area (Å²) < 4.78 is 13.3. The molecule has 4 nitrogen and oxygen atoms in total. The van der Waals surface area contributed by atoms with Crippen molar-refractivity contribution in [3.63, 3.8) is 0 Å². The first-order valence-corrected chi connectivity index (χ1v) is 7.21. The van der Waals surface area contributed by atoms with Gasteiger partial charge in [-0.25, -0.2) is 4.39 Å². The highest BCUT2D eigenvalue weighted by Crippen LogP contribution is 2.29. The van der Waals surface area contributed by atoms with Crippen molar-refractivity contribution in [3.8, 4) is 0 Å². The van der Waals surface area contributed by atoms with E-state index in [2.05, 4.69) is 12.2 Å². The Hall–Kier alpha value is -1.49. The van der Waals surface area contributed by atoms with Crippen LogP contribution in [-0.2, 0) is 6.54 Å². The molecule has 1 aromatic rings. The lowest BCUT2D eigenvalue weighted by Crippen LogP contribution is -2.29. The molecule has 1 aliphatic rings. The molecule has 0 amide bonds. The molecule has 0 aliphatic heterocycles. The molecule has 1 aliphatic carbocycles. The van der Waals surface area contributed by atoms with Crippen LogP contribution in [0.5, 0.6) is 0 Å². The highest BCUT2D eigenvalue weighted by atomic mass is 19.1. The fourth-order valence-electron chi connectivity index (χ4n) is 2.94. The van der Waals surface area contributed by atoms with Gasteiger partial charge in [-0.15, -0.1) is 0 Å². The van der Waals surface area contributed by atoms with Gasteiger partial charge in [0, 0.05) is 12.6 Å². The molecule has 0 heterocycles. The Morgan fingerprint density at radius 3 is 2.80 bits per heavy atom. The van der Waals surface area contributed by atoms with E-state index in [1.165, 1.54) is 37.8 Å². The lowest BCUT2D eigenvalue weighted by molar-refractivity contribution is -0.385. The normalized spacial score (nSPS) is 22.7. The fraction of sp³-hybridized carbons (Fsp3) is 0.600. The zero-order chi connectivity index (χ0) is 14.5. The van der Waals surface area contributed by atoms with Crippen LogP contribution in [0.2, 0.25) is 0 Å². The number of nitro groups is 1. The van der Waals surface area contributed by atoms with E-state index in [0.717, 1.165) is 18.5 Å². The Morgan fingerprint density at radius 2 is 2.10 bits per heavy atom. The number of rotatable bonds is 5. The van der Waals surface area contributed by atoms with Crippen LogP contribution in [0.3, 0.4) is 0 Å². The zero-order valence-corrected chi connectivity index (χ0v) is 11.8. The second kappa shape index (κ2) is 6.79. The molecule has 1 N–H and O–H groups in total. The maximum absolute atomic E-state index is 13.3. The summed E-state index contributed by atoms with van der Waals surface area (Å²) in [5.74, 6) is 0.826. The second-order valence-corrected chi connectivity index (χ2v) is 5.73. The zero-order valence-electron chi connectivity index (χ0n) is 11.8. The number of nitrogens with one attached hydrogen (secondary N) is 1. The lowest BCUT2D eigenvalue weighted by Gasteiger charge is -2.28. The van der Waals surface area contributed by atoms with Crippen molar-refractivity contribution >= 4 is 5.69 Å². The van der Waals surface area contributed by atoms with Crippen LogP contribution in [0.1, 0.15) is 38.2 Å². The SMILES string of the molecule is CC1CCCCC1CNCc1cc(F)cc([N+](=O)[O-])c1. The molecule has 2 unspecified atom stereocenters. The van der Waals surface area contributed by atoms with Crippen molar-refractivity contribution in [2.24, 2.45) is 11.8 Å². The molecule has 0 saturated heterocycles. The summed E-state index contributed by atoms with van der Waals surface area (Å²) in [5.41, 5.74) is 0.438. The van der Waals surface area contributed by atoms with Gasteiger partial charge in [0.25, 0.3) is 5.69 Å². The monoisotopic (exact) mass is 280 g/mol. The number of nitrogens with zero attached hydrogens (tertiary/aromatic N) is 1. The fourth-order valence-corrected chi connectivity index (χ4v) is 2.94. The van der Waals surface area contributed by atoms with E-state index >= 15 is 0 Å². The maximum Gasteiger partial charge on any atom is 0.272 e. The summed E-state index contributed by atoms with van der Waals surface area (Å²) in [5, 5.41) is 14.0. The van der Waals surface area contributed by atoms with Crippen LogP contribution in [0.25, 0.3) is 0 Å². The number of halogens is 1. The van der Waals surface area contributed by atoms with E-state index in [1.807, 2.05) is 0 Å². The van der Waals surface area contributed by atoms with Gasteiger partial charge < -0.3 is 5.32 Å². The van der Waals surface area contributed by atoms with Crippen molar-refractivity contribution in [3.05, 3.63) is 39.7 Å². The summed E-state index contributed by atoms with van der Waals surface area (Å²) in [7, 11) is 0. The summed E-state index contributed by atoms with van der Waals surface area (Å²) in [6, 6.07) is 3.73. The summed E-state index contributed by atoms with van der Waals surface area (Å²) in [6.45, 7) is 3.64. The predicted octanol–water partition coefficient (Wildman–Crippen LogP) is 3.65. The quantitative estimate of drug-likeness (QED) is 0.661. The van der Waals surface area contributed by atoms with Crippen LogP contribution in [0.15, 0.2) is 18.2 Å². The number of benzene rings is 1. The minimum absolute atomic E-state index is 0.187. The molecule has 5 heteroatoms. The lowest BCUT2D eigenvalue weighted by atomic mass is 9.80. The molecule has 1 aromatic carbocycles. The predicted molar refractivity (Wildman–Crippen MR) is 75.9 cm³/mol. The van der Waals surface area contributed by atoms with Crippen LogP contribution < -0.4 is 5.32 Å². The van der Waals surface area contributed by atoms with Crippen molar-refractivity contribution < 1.29 is 9.31 Å². The van der Waals surface area contributed by atoms with E-state index in [4.69, 9.17) is 0 Å². The van der Waals surface area contributed by atoms with Crippen LogP contribution in [-0.4, -0.2) is 11.5 Å². The molecule has 110 valence electrons. The third-order valence-corrected chi connectivity index (χ3v) is 4.18. The molecule has 0 bridgehead atoms. The molecule has 1 fully saturated rings. The van der Waals surface area contributed by atoms with Crippen molar-refractivity contribution in [2.45, 2.75) is 39.2 Å². The molecule has 0 radical (unpaired) electrons. The van der Waals surface area contributed by atoms with Crippen LogP contribution in [0, 0.1) is 27.8 Å². The highest BCUT2D eigenvalue weighted by Gasteiger charge is 2.20. The second-order valence-electron chi connectivity index (χ2n) is 5.73. The van der Waals surface area contributed by atoms with Crippen molar-refractivity contribution in [1.29, 1.82) is 0 Å². The van der Waals surface area contributed by atoms with E-state index in [9.17, 15) is 14.5 Å². The maximum atomic E-state index is 13.3. The first kappa shape index (κ1) is 14.9. The first-order valence-electron chi connectivity index (χ1n) is 7.21. The van der Waals surface area contributed by atoms with Gasteiger partial charge in [-0.3, -0.25) is 10.1 Å². The molecule has 0 aromatic heterocycles. The standard InChI is InChI=1S/C15H21FN2O2/c1-11-4-2-3-5-13(11)10-17-9-12-6-14(16)8-15(7-12)18(19)20/h6-8,11,13,17H,2-5,9-10H2,1H3. The van der Waals surface area contributed by atoms with Gasteiger partial charge in [0.15, 0.2) is 0 Å². The summed E-state index contributed by atoms with van der Waals surface area (Å²) >= 11 is 0. The van der Waals surface area contributed by atoms with Crippen LogP contribution >= 0.6 is 0 Å². The summed E-state index contributed by atoms with van der Waals surface area (Å²) in [4.78, 5) is 10.1. The molecule has 20 heavy (non-hydrogen) atoms. The Kier molecular flexibility index (Phi) is 5.06. The first-order chi connectivity index (χ1) is 9.56. The highest BCUT2D eigenvalue weighted by molar-refractivity contribution is 5.35. The van der Waals surface area contributed by atoms with Gasteiger partial charge in [-0.1, -0.05) is 26.2 Å². The molecule has 0 spiro atoms. The Labute approximate surface area is 118 Å². The van der Waals surface area contributed by atoms with Gasteiger partial charge in [0.2, 0.25) is 0 Å². The summed E-state index contributed by atoms with van der Waals surface area (Å²) in [6.07, 6.45) is 5.10. The third-order valence-electron chi connectivity index (χ3n) is 4.18. The Bertz CT molecular complexity index is 479. The molecule has 2 atom stereocenters. The van der Waals surface area contributed by atoms with E-state index < -0.39 is 10.7 Å². The van der Waals surface area contributed by atoms with E-state index in [-0.39, 0.29) is 5.69 Å². The van der Waals surface area contributed by atoms with Gasteiger partial charge in [0.1, 0.15) is 5.82 Å². The molecular formula is C15H21FN2O2. The Balaban J connectivity index is 1.89. The van der Waals surface area contributed by atoms with Gasteiger partial charge in [-0.05, 0) is 36.4 Å². The average Bonchev–Trinajstić information content (AvgIpc) is 2.40. The molecule has 1 saturated carbocycles. The van der Waals surface area contributed by atoms with E-state index in [1.54, 1.807) is 0 Å². The average molecular weight is 280 g/mol. The number of non-ortho nitro benzene ring substituents is 1. The molecular weight excluding hydrogens is 259 g/mol. The number of hydrogen-bond donors (Lipinski definition) is 1. The molecule has 2 rings (SSSR count). The van der Waals surface area contributed by atoms with Crippen molar-refractivity contribution in [1.82, 2.24) is 5.32 Å². The largest absolute Gasteiger partial charge is 0.312 e. The number of hydrogen-bond acceptors (Lipinski definition) is 3. The van der Waals surface area contributed by atoms with Gasteiger partial charge in [-0.2, -0.15) is 0 Å². The topological polar surface area (TPSA) is 55.2 Å². The minimum atomic E-state index is -0.560. The number of nitro benzene ring substituents is 1. The van der Waals surface area contributed by atoms with Crippen molar-refractivity contribution in [2.75, 3.05) is 6.54 Å². The van der Waals surface area contributed by atoms with Gasteiger partial charge in [0.05, 0.1) is 11.0 Å². The van der Waals surface area contributed by atoms with Crippen LogP contribution in [0.4, 0.5) is 10.1 Å². The Morgan fingerprint density at radius 1 is 1.35 bits per heavy atom. The third kappa shape index (κ3) is 4.00.